The van der Waals surface area contributed by atoms with E-state index in [0.29, 0.717) is 48.8 Å². The van der Waals surface area contributed by atoms with E-state index in [-0.39, 0.29) is 17.7 Å². The number of carbonyl (C=O) groups is 2. The first-order valence-corrected chi connectivity index (χ1v) is 10.0. The maximum absolute atomic E-state index is 13.0. The highest BCUT2D eigenvalue weighted by molar-refractivity contribution is 14.1. The number of hydrogen-bond acceptors (Lipinski definition) is 5. The third kappa shape index (κ3) is 4.54. The van der Waals surface area contributed by atoms with Crippen molar-refractivity contribution in [3.05, 3.63) is 45.7 Å². The SMILES string of the molecule is COc1cc(I)c(C(=O)N2CCC(C(=O)Nc3ccccn3)CC2)cc1OC. The number of likely N-dealkylation sites (tertiary alicyclic amines) is 1. The number of nitrogens with one attached hydrogen (secondary N) is 1. The van der Waals surface area contributed by atoms with Crippen molar-refractivity contribution < 1.29 is 19.1 Å². The Balaban J connectivity index is 1.63. The van der Waals surface area contributed by atoms with Crippen LogP contribution in [-0.4, -0.2) is 49.0 Å². The zero-order valence-corrected chi connectivity index (χ0v) is 17.9. The van der Waals surface area contributed by atoms with Crippen molar-refractivity contribution in [1.29, 1.82) is 0 Å². The average Bonchev–Trinajstić information content (AvgIpc) is 2.73. The van der Waals surface area contributed by atoms with E-state index in [2.05, 4.69) is 32.9 Å². The largest absolute Gasteiger partial charge is 0.493 e. The summed E-state index contributed by atoms with van der Waals surface area (Å²) < 4.78 is 11.4. The Kier molecular flexibility index (Phi) is 6.71. The Bertz CT molecular complexity index is 852. The number of amides is 2. The van der Waals surface area contributed by atoms with Gasteiger partial charge in [0.15, 0.2) is 11.5 Å². The molecule has 0 unspecified atom stereocenters. The van der Waals surface area contributed by atoms with Gasteiger partial charge in [0.25, 0.3) is 5.91 Å². The lowest BCUT2D eigenvalue weighted by Gasteiger charge is -2.31. The van der Waals surface area contributed by atoms with Crippen molar-refractivity contribution in [2.75, 3.05) is 32.6 Å². The van der Waals surface area contributed by atoms with E-state index in [0.717, 1.165) is 3.57 Å². The van der Waals surface area contributed by atoms with Crippen LogP contribution >= 0.6 is 22.6 Å². The summed E-state index contributed by atoms with van der Waals surface area (Å²) in [5, 5.41) is 2.84. The summed E-state index contributed by atoms with van der Waals surface area (Å²) >= 11 is 2.13. The van der Waals surface area contributed by atoms with Crippen molar-refractivity contribution >= 4 is 40.2 Å². The Morgan fingerprint density at radius 1 is 1.14 bits per heavy atom. The van der Waals surface area contributed by atoms with Gasteiger partial charge in [0.2, 0.25) is 5.91 Å². The van der Waals surface area contributed by atoms with Gasteiger partial charge in [-0.05, 0) is 59.7 Å². The number of ether oxygens (including phenoxy) is 2. The van der Waals surface area contributed by atoms with Gasteiger partial charge in [-0.3, -0.25) is 9.59 Å². The second-order valence-corrected chi connectivity index (χ2v) is 7.62. The van der Waals surface area contributed by atoms with E-state index in [1.54, 1.807) is 49.6 Å². The highest BCUT2D eigenvalue weighted by atomic mass is 127. The van der Waals surface area contributed by atoms with Crippen LogP contribution in [0.4, 0.5) is 5.82 Å². The Hall–Kier alpha value is -2.36. The molecule has 1 aliphatic rings. The van der Waals surface area contributed by atoms with Gasteiger partial charge >= 0.3 is 0 Å². The summed E-state index contributed by atoms with van der Waals surface area (Å²) in [6.45, 7) is 1.06. The summed E-state index contributed by atoms with van der Waals surface area (Å²) in [5.74, 6) is 1.42. The van der Waals surface area contributed by atoms with Crippen LogP contribution < -0.4 is 14.8 Å². The molecule has 0 atom stereocenters. The molecule has 7 nitrogen and oxygen atoms in total. The maximum atomic E-state index is 13.0. The molecule has 0 saturated carbocycles. The monoisotopic (exact) mass is 495 g/mol. The molecule has 0 bridgehead atoms. The van der Waals surface area contributed by atoms with E-state index < -0.39 is 0 Å². The first-order valence-electron chi connectivity index (χ1n) is 8.96. The molecule has 2 aromatic rings. The van der Waals surface area contributed by atoms with Crippen LogP contribution in [0.3, 0.4) is 0 Å². The predicted octanol–water partition coefficient (Wildman–Crippen LogP) is 3.19. The van der Waals surface area contributed by atoms with Crippen LogP contribution in [0.1, 0.15) is 23.2 Å². The fourth-order valence-corrected chi connectivity index (χ4v) is 3.87. The fourth-order valence-electron chi connectivity index (χ4n) is 3.20. The first-order chi connectivity index (χ1) is 13.5. The summed E-state index contributed by atoms with van der Waals surface area (Å²) in [4.78, 5) is 31.3. The number of rotatable bonds is 5. The molecule has 1 aromatic carbocycles. The van der Waals surface area contributed by atoms with Gasteiger partial charge in [-0.25, -0.2) is 4.98 Å². The normalized spacial score (nSPS) is 14.5. The van der Waals surface area contributed by atoms with E-state index in [9.17, 15) is 9.59 Å². The molecule has 148 valence electrons. The van der Waals surface area contributed by atoms with Gasteiger partial charge in [-0.2, -0.15) is 0 Å². The molecule has 1 saturated heterocycles. The zero-order valence-electron chi connectivity index (χ0n) is 15.8. The molecular formula is C20H22IN3O4. The Labute approximate surface area is 177 Å². The van der Waals surface area contributed by atoms with Gasteiger partial charge < -0.3 is 19.7 Å². The minimum absolute atomic E-state index is 0.0495. The average molecular weight is 495 g/mol. The number of halogens is 1. The molecule has 28 heavy (non-hydrogen) atoms. The third-order valence-electron chi connectivity index (χ3n) is 4.77. The molecule has 2 heterocycles. The van der Waals surface area contributed by atoms with Crippen LogP contribution in [0.15, 0.2) is 36.5 Å². The summed E-state index contributed by atoms with van der Waals surface area (Å²) in [6.07, 6.45) is 2.88. The van der Waals surface area contributed by atoms with Crippen molar-refractivity contribution in [2.45, 2.75) is 12.8 Å². The predicted molar refractivity (Wildman–Crippen MR) is 114 cm³/mol. The van der Waals surface area contributed by atoms with Gasteiger partial charge in [0.1, 0.15) is 5.82 Å². The third-order valence-corrected chi connectivity index (χ3v) is 5.67. The number of anilines is 1. The lowest BCUT2D eigenvalue weighted by molar-refractivity contribution is -0.121. The smallest absolute Gasteiger partial charge is 0.255 e. The number of methoxy groups -OCH3 is 2. The van der Waals surface area contributed by atoms with E-state index in [1.165, 1.54) is 0 Å². The lowest BCUT2D eigenvalue weighted by atomic mass is 9.95. The van der Waals surface area contributed by atoms with Crippen molar-refractivity contribution in [1.82, 2.24) is 9.88 Å². The summed E-state index contributed by atoms with van der Waals surface area (Å²) in [7, 11) is 3.11. The van der Waals surface area contributed by atoms with Crippen molar-refractivity contribution in [3.8, 4) is 11.5 Å². The zero-order chi connectivity index (χ0) is 20.1. The van der Waals surface area contributed by atoms with Crippen LogP contribution in [0.25, 0.3) is 0 Å². The molecule has 1 N–H and O–H groups in total. The van der Waals surface area contributed by atoms with E-state index in [4.69, 9.17) is 9.47 Å². The number of pyridine rings is 1. The van der Waals surface area contributed by atoms with Crippen molar-refractivity contribution in [3.63, 3.8) is 0 Å². The molecule has 0 aliphatic carbocycles. The summed E-state index contributed by atoms with van der Waals surface area (Å²) in [5.41, 5.74) is 0.578. The van der Waals surface area contributed by atoms with Gasteiger partial charge in [0, 0.05) is 28.8 Å². The van der Waals surface area contributed by atoms with Gasteiger partial charge in [-0.1, -0.05) is 6.07 Å². The second-order valence-electron chi connectivity index (χ2n) is 6.46. The highest BCUT2D eigenvalue weighted by Crippen LogP contribution is 2.32. The molecule has 0 radical (unpaired) electrons. The standard InChI is InChI=1S/C20H22IN3O4/c1-27-16-11-14(15(21)12-17(16)28-2)20(26)24-9-6-13(7-10-24)19(25)23-18-5-3-4-8-22-18/h3-5,8,11-13H,6-7,9-10H2,1-2H3,(H,22,23,25). The topological polar surface area (TPSA) is 80.8 Å². The molecule has 8 heteroatoms. The molecule has 2 amide bonds. The number of carbonyl (C=O) groups excluding carboxylic acids is 2. The molecule has 0 spiro atoms. The number of hydrogen-bond donors (Lipinski definition) is 1. The second kappa shape index (κ2) is 9.22. The molecule has 1 fully saturated rings. The lowest BCUT2D eigenvalue weighted by Crippen LogP contribution is -2.41. The maximum Gasteiger partial charge on any atom is 0.255 e. The van der Waals surface area contributed by atoms with Crippen LogP contribution in [0, 0.1) is 9.49 Å². The molecule has 3 rings (SSSR count). The van der Waals surface area contributed by atoms with E-state index in [1.807, 2.05) is 6.07 Å². The number of benzene rings is 1. The molecular weight excluding hydrogens is 473 g/mol. The van der Waals surface area contributed by atoms with Crippen molar-refractivity contribution in [2.24, 2.45) is 5.92 Å². The molecule has 1 aliphatic heterocycles. The quantitative estimate of drug-likeness (QED) is 0.645. The Morgan fingerprint density at radius 2 is 1.82 bits per heavy atom. The minimum atomic E-state index is -0.129. The van der Waals surface area contributed by atoms with Crippen LogP contribution in [0.5, 0.6) is 11.5 Å². The molecule has 1 aromatic heterocycles. The number of aromatic nitrogens is 1. The summed E-state index contributed by atoms with van der Waals surface area (Å²) in [6, 6.07) is 8.89. The fraction of sp³-hybridized carbons (Fsp3) is 0.350. The van der Waals surface area contributed by atoms with Gasteiger partial charge in [0.05, 0.1) is 19.8 Å². The first kappa shape index (κ1) is 20.4. The Morgan fingerprint density at radius 3 is 2.43 bits per heavy atom. The minimum Gasteiger partial charge on any atom is -0.493 e. The number of nitrogens with zero attached hydrogens (tertiary/aromatic N) is 2. The number of piperidine rings is 1. The highest BCUT2D eigenvalue weighted by Gasteiger charge is 2.29. The van der Waals surface area contributed by atoms with Gasteiger partial charge in [-0.15, -0.1) is 0 Å². The van der Waals surface area contributed by atoms with Crippen LogP contribution in [0.2, 0.25) is 0 Å². The van der Waals surface area contributed by atoms with E-state index >= 15 is 0 Å². The van der Waals surface area contributed by atoms with Crippen LogP contribution in [-0.2, 0) is 4.79 Å².